The van der Waals surface area contributed by atoms with Gasteiger partial charge in [0, 0.05) is 22.0 Å². The summed E-state index contributed by atoms with van der Waals surface area (Å²) in [5.74, 6) is 0. The molecular formula is C41H31N3Si. The summed E-state index contributed by atoms with van der Waals surface area (Å²) in [6.45, 7) is 4.70. The van der Waals surface area contributed by atoms with Crippen LogP contribution >= 0.6 is 0 Å². The number of imidazole rings is 1. The van der Waals surface area contributed by atoms with Crippen LogP contribution in [0.2, 0.25) is 0 Å². The molecular weight excluding hydrogens is 563 g/mol. The van der Waals surface area contributed by atoms with E-state index in [4.69, 9.17) is 11.2 Å². The molecule has 0 unspecified atom stereocenters. The highest BCUT2D eigenvalue weighted by Crippen LogP contribution is 2.50. The van der Waals surface area contributed by atoms with Crippen LogP contribution in [-0.4, -0.2) is 24.1 Å². The van der Waals surface area contributed by atoms with Gasteiger partial charge >= 0.3 is 0 Å². The van der Waals surface area contributed by atoms with Crippen molar-refractivity contribution in [3.05, 3.63) is 151 Å². The van der Waals surface area contributed by atoms with E-state index in [1.165, 1.54) is 49.9 Å². The lowest BCUT2D eigenvalue weighted by molar-refractivity contribution is 0.660. The molecule has 0 radical (unpaired) electrons. The smallest absolute Gasteiger partial charge is 0.125 e. The summed E-state index contributed by atoms with van der Waals surface area (Å²) in [7, 11) is -1.39. The summed E-state index contributed by atoms with van der Waals surface area (Å²) in [5.41, 5.74) is 15.6. The van der Waals surface area contributed by atoms with Crippen molar-refractivity contribution in [3.8, 4) is 27.9 Å². The molecule has 0 atom stereocenters. The predicted octanol–water partition coefficient (Wildman–Crippen LogP) is 8.40. The summed E-state index contributed by atoms with van der Waals surface area (Å²) in [5, 5.41) is 1.30. The van der Waals surface area contributed by atoms with Gasteiger partial charge in [-0.2, -0.15) is 0 Å². The molecule has 2 heterocycles. The van der Waals surface area contributed by atoms with Crippen molar-refractivity contribution in [2.24, 2.45) is 0 Å². The Kier molecular flexibility index (Phi) is 5.56. The molecule has 3 nitrogen and oxygen atoms in total. The van der Waals surface area contributed by atoms with Gasteiger partial charge in [0.05, 0.1) is 22.4 Å². The summed E-state index contributed by atoms with van der Waals surface area (Å²) in [6, 6.07) is 50.6. The molecule has 1 aliphatic carbocycles. The molecule has 1 aromatic heterocycles. The highest BCUT2D eigenvalue weighted by Gasteiger charge is 2.36. The first-order valence-corrected chi connectivity index (χ1v) is 17.2. The highest BCUT2D eigenvalue weighted by molar-refractivity contribution is 6.88. The molecule has 0 fully saturated rings. The van der Waals surface area contributed by atoms with Crippen LogP contribution in [0.15, 0.2) is 140 Å². The lowest BCUT2D eigenvalue weighted by atomic mass is 9.82. The maximum absolute atomic E-state index is 5.10. The Morgan fingerprint density at radius 3 is 2.18 bits per heavy atom. The number of hydrogen-bond acceptors (Lipinski definition) is 2. The van der Waals surface area contributed by atoms with E-state index in [1.54, 1.807) is 0 Å². The number of hydrogen-bond donors (Lipinski definition) is 0. The van der Waals surface area contributed by atoms with E-state index < -0.39 is 8.41 Å². The van der Waals surface area contributed by atoms with Crippen molar-refractivity contribution >= 4 is 53.3 Å². The van der Waals surface area contributed by atoms with Gasteiger partial charge in [0.25, 0.3) is 0 Å². The average Bonchev–Trinajstić information content (AvgIpc) is 3.68. The molecule has 0 saturated heterocycles. The van der Waals surface area contributed by atoms with Crippen molar-refractivity contribution in [3.63, 3.8) is 0 Å². The number of nitrogens with zero attached hydrogens (tertiary/aromatic N) is 3. The molecule has 214 valence electrons. The molecule has 0 N–H and O–H groups in total. The van der Waals surface area contributed by atoms with Crippen molar-refractivity contribution in [1.29, 1.82) is 0 Å². The fourth-order valence-electron chi connectivity index (χ4n) is 7.49. The summed E-state index contributed by atoms with van der Waals surface area (Å²) in [6.07, 6.45) is 4.80. The zero-order chi connectivity index (χ0) is 30.3. The summed E-state index contributed by atoms with van der Waals surface area (Å²) < 4.78 is 2.34. The molecule has 1 aliphatic heterocycles. The lowest BCUT2D eigenvalue weighted by Crippen LogP contribution is -2.34. The molecule has 4 heteroatoms. The normalized spacial score (nSPS) is 13.8. The topological polar surface area (TPSA) is 21.1 Å². The molecule has 0 amide bonds. The molecule has 9 rings (SSSR count). The highest BCUT2D eigenvalue weighted by atomic mass is 28.2. The molecule has 7 aromatic rings. The van der Waals surface area contributed by atoms with Crippen LogP contribution < -0.4 is 15.5 Å². The predicted molar refractivity (Wildman–Crippen MR) is 191 cm³/mol. The van der Waals surface area contributed by atoms with E-state index in [0.717, 1.165) is 27.9 Å². The Balaban J connectivity index is 1.26. The Bertz CT molecular complexity index is 2310. The molecule has 0 saturated carbocycles. The van der Waals surface area contributed by atoms with Crippen molar-refractivity contribution in [2.75, 3.05) is 4.90 Å². The van der Waals surface area contributed by atoms with Crippen molar-refractivity contribution in [1.82, 2.24) is 9.55 Å². The Labute approximate surface area is 264 Å². The molecule has 6 aromatic carbocycles. The maximum atomic E-state index is 5.10. The third-order valence-electron chi connectivity index (χ3n) is 9.69. The Morgan fingerprint density at radius 1 is 0.644 bits per heavy atom. The van der Waals surface area contributed by atoms with E-state index in [-0.39, 0.29) is 5.41 Å². The van der Waals surface area contributed by atoms with Gasteiger partial charge in [-0.3, -0.25) is 4.57 Å². The quantitative estimate of drug-likeness (QED) is 0.191. The zero-order valence-corrected chi connectivity index (χ0v) is 26.3. The molecule has 0 bridgehead atoms. The zero-order valence-electron chi connectivity index (χ0n) is 25.3. The number of anilines is 3. The molecule has 45 heavy (non-hydrogen) atoms. The largest absolute Gasteiger partial charge is 0.310 e. The first kappa shape index (κ1) is 26.1. The van der Waals surface area contributed by atoms with E-state index in [1.807, 2.05) is 0 Å². The first-order valence-electron chi connectivity index (χ1n) is 15.5. The standard InChI is InChI=1S/C41H31N3Si/c1-41(2)33-15-8-7-14-31(33)32-25-24-30(26-34(32)41)43(29-22-20-28(21-23-29)27-12-5-4-6-13-27)37-18-11-19-38-39(37)45(3)40-42-35-16-9-10-17-36(35)44(38)40/h4-26H,3H2,1-2H3. The van der Waals surface area contributed by atoms with Gasteiger partial charge < -0.3 is 4.90 Å². The summed E-state index contributed by atoms with van der Waals surface area (Å²) in [4.78, 5) is 7.54. The van der Waals surface area contributed by atoms with Crippen LogP contribution in [0, 0.1) is 0 Å². The number of benzene rings is 6. The SMILES string of the molecule is C=[Si]1c2c(N(c3ccc(-c4ccccc4)cc3)c3ccc4c(c3)C(C)(C)c3ccccc3-4)cccc2-n2c1nc1ccccc12. The van der Waals surface area contributed by atoms with Crippen LogP contribution in [0.25, 0.3) is 39.0 Å². The lowest BCUT2D eigenvalue weighted by Gasteiger charge is -2.30. The summed E-state index contributed by atoms with van der Waals surface area (Å²) >= 11 is 0. The second kappa shape index (κ2) is 9.59. The first-order chi connectivity index (χ1) is 22.0. The fourth-order valence-corrected chi connectivity index (χ4v) is 9.48. The average molecular weight is 594 g/mol. The van der Waals surface area contributed by atoms with Gasteiger partial charge in [0.2, 0.25) is 0 Å². The third kappa shape index (κ3) is 3.76. The van der Waals surface area contributed by atoms with Gasteiger partial charge in [-0.05, 0) is 81.9 Å². The van der Waals surface area contributed by atoms with Crippen LogP contribution in [0.5, 0.6) is 0 Å². The second-order valence-corrected chi connectivity index (χ2v) is 14.5. The number of aromatic nitrogens is 2. The maximum Gasteiger partial charge on any atom is 0.125 e. The molecule has 0 spiro atoms. The van der Waals surface area contributed by atoms with Crippen LogP contribution in [0.4, 0.5) is 17.1 Å². The minimum absolute atomic E-state index is 0.0914. The van der Waals surface area contributed by atoms with Gasteiger partial charge in [-0.1, -0.05) is 105 Å². The van der Waals surface area contributed by atoms with Crippen LogP contribution in [-0.2, 0) is 5.41 Å². The Morgan fingerprint density at radius 2 is 1.33 bits per heavy atom. The van der Waals surface area contributed by atoms with Gasteiger partial charge in [-0.15, -0.1) is 6.17 Å². The number of rotatable bonds is 4. The van der Waals surface area contributed by atoms with E-state index in [9.17, 15) is 0 Å². The third-order valence-corrected chi connectivity index (χ3v) is 11.7. The number of para-hydroxylation sites is 2. The molecule has 2 aliphatic rings. The van der Waals surface area contributed by atoms with Crippen LogP contribution in [0.3, 0.4) is 0 Å². The van der Waals surface area contributed by atoms with Crippen molar-refractivity contribution < 1.29 is 0 Å². The van der Waals surface area contributed by atoms with E-state index in [2.05, 4.69) is 163 Å². The fraction of sp³-hybridized carbons (Fsp3) is 0.0732. The second-order valence-electron chi connectivity index (χ2n) is 12.6. The van der Waals surface area contributed by atoms with E-state index >= 15 is 0 Å². The van der Waals surface area contributed by atoms with E-state index in [0.29, 0.717) is 0 Å². The van der Waals surface area contributed by atoms with Gasteiger partial charge in [0.15, 0.2) is 0 Å². The van der Waals surface area contributed by atoms with Crippen LogP contribution in [0.1, 0.15) is 25.0 Å². The number of fused-ring (bicyclic) bond motifs is 8. The minimum Gasteiger partial charge on any atom is -0.310 e. The van der Waals surface area contributed by atoms with Gasteiger partial charge in [0.1, 0.15) is 13.9 Å². The minimum atomic E-state index is -1.39. The van der Waals surface area contributed by atoms with Crippen molar-refractivity contribution in [2.45, 2.75) is 19.3 Å². The monoisotopic (exact) mass is 593 g/mol. The van der Waals surface area contributed by atoms with Gasteiger partial charge in [-0.25, -0.2) is 4.98 Å². The Hall–Kier alpha value is -5.32.